The highest BCUT2D eigenvalue weighted by molar-refractivity contribution is 9.10. The molecular weight excluding hydrogens is 274 g/mol. The highest BCUT2D eigenvalue weighted by Crippen LogP contribution is 2.27. The van der Waals surface area contributed by atoms with Gasteiger partial charge in [-0.3, -0.25) is 0 Å². The fraction of sp³-hybridized carbons (Fsp3) is 0. The lowest BCUT2D eigenvalue weighted by Crippen LogP contribution is -2.24. The van der Waals surface area contributed by atoms with E-state index in [0.717, 1.165) is 19.0 Å². The van der Waals surface area contributed by atoms with E-state index in [1.54, 1.807) is 18.0 Å². The Morgan fingerprint density at radius 3 is 2.47 bits per heavy atom. The van der Waals surface area contributed by atoms with Gasteiger partial charge in [0.25, 0.3) is 0 Å². The average molecular weight is 282 g/mol. The Kier molecular flexibility index (Phi) is 3.28. The molecule has 0 aliphatic heterocycles. The first kappa shape index (κ1) is 10.5. The lowest BCUT2D eigenvalue weighted by molar-refractivity contribution is -0.608. The Morgan fingerprint density at radius 2 is 1.80 bits per heavy atom. The Hall–Kier alpha value is -1.00. The first-order valence-electron chi connectivity index (χ1n) is 4.36. The minimum atomic E-state index is 0.790. The third-order valence-corrected chi connectivity index (χ3v) is 3.16. The third-order valence-electron chi connectivity index (χ3n) is 1.76. The van der Waals surface area contributed by atoms with E-state index in [2.05, 4.69) is 15.9 Å². The van der Waals surface area contributed by atoms with Crippen molar-refractivity contribution in [1.29, 1.82) is 0 Å². The van der Waals surface area contributed by atoms with Crippen molar-refractivity contribution in [2.45, 2.75) is 9.79 Å². The Bertz CT molecular complexity index is 441. The quantitative estimate of drug-likeness (QED) is 0.624. The molecule has 4 heteroatoms. The van der Waals surface area contributed by atoms with Crippen molar-refractivity contribution in [3.63, 3.8) is 0 Å². The molecule has 0 unspecified atom stereocenters. The van der Waals surface area contributed by atoms with E-state index < -0.39 is 0 Å². The maximum atomic E-state index is 11.2. The fourth-order valence-corrected chi connectivity index (χ4v) is 2.68. The zero-order chi connectivity index (χ0) is 10.7. The van der Waals surface area contributed by atoms with Crippen LogP contribution in [0.1, 0.15) is 0 Å². The summed E-state index contributed by atoms with van der Waals surface area (Å²) in [4.78, 5) is 2.04. The van der Waals surface area contributed by atoms with Gasteiger partial charge >= 0.3 is 0 Å². The van der Waals surface area contributed by atoms with Crippen LogP contribution in [0, 0.1) is 5.21 Å². The van der Waals surface area contributed by atoms with Crippen molar-refractivity contribution >= 4 is 27.7 Å². The summed E-state index contributed by atoms with van der Waals surface area (Å²) in [6.45, 7) is 0. The van der Waals surface area contributed by atoms with Crippen LogP contribution >= 0.6 is 27.7 Å². The minimum absolute atomic E-state index is 0.790. The van der Waals surface area contributed by atoms with Crippen molar-refractivity contribution in [1.82, 2.24) is 0 Å². The summed E-state index contributed by atoms with van der Waals surface area (Å²) in [6, 6.07) is 11.9. The van der Waals surface area contributed by atoms with E-state index in [9.17, 15) is 5.21 Å². The molecule has 0 aliphatic carbocycles. The maximum Gasteiger partial charge on any atom is 0.194 e. The molecule has 0 amide bonds. The SMILES string of the molecule is [O-][n+]1cc(Br)cc(Sc2ccccc2)c1. The van der Waals surface area contributed by atoms with Crippen LogP contribution < -0.4 is 4.73 Å². The highest BCUT2D eigenvalue weighted by Gasteiger charge is 2.03. The van der Waals surface area contributed by atoms with Gasteiger partial charge in [-0.05, 0) is 34.1 Å². The number of nitrogens with zero attached hydrogens (tertiary/aromatic N) is 1. The van der Waals surface area contributed by atoms with Gasteiger partial charge in [0.2, 0.25) is 0 Å². The molecule has 1 aromatic heterocycles. The lowest BCUT2D eigenvalue weighted by Gasteiger charge is -2.02. The zero-order valence-corrected chi connectivity index (χ0v) is 10.2. The summed E-state index contributed by atoms with van der Waals surface area (Å²) in [5.41, 5.74) is 0. The molecule has 76 valence electrons. The number of hydrogen-bond donors (Lipinski definition) is 0. The van der Waals surface area contributed by atoms with E-state index in [4.69, 9.17) is 0 Å². The minimum Gasteiger partial charge on any atom is -0.619 e. The normalized spacial score (nSPS) is 10.2. The van der Waals surface area contributed by atoms with Crippen molar-refractivity contribution < 1.29 is 4.73 Å². The molecule has 0 atom stereocenters. The van der Waals surface area contributed by atoms with Crippen molar-refractivity contribution in [3.8, 4) is 0 Å². The highest BCUT2D eigenvalue weighted by atomic mass is 79.9. The standard InChI is InChI=1S/C11H8BrNOS/c12-9-6-11(8-13(14)7-9)15-10-4-2-1-3-5-10/h1-8H. The second kappa shape index (κ2) is 4.68. The first-order chi connectivity index (χ1) is 7.24. The van der Waals surface area contributed by atoms with Gasteiger partial charge in [0.05, 0.1) is 9.37 Å². The summed E-state index contributed by atoms with van der Waals surface area (Å²) < 4.78 is 1.59. The summed E-state index contributed by atoms with van der Waals surface area (Å²) in [6.07, 6.45) is 3.04. The van der Waals surface area contributed by atoms with Crippen LogP contribution in [-0.4, -0.2) is 0 Å². The maximum absolute atomic E-state index is 11.2. The van der Waals surface area contributed by atoms with Gasteiger partial charge in [-0.25, -0.2) is 0 Å². The van der Waals surface area contributed by atoms with Crippen LogP contribution in [0.4, 0.5) is 0 Å². The summed E-state index contributed by atoms with van der Waals surface area (Å²) in [7, 11) is 0. The molecule has 0 fully saturated rings. The lowest BCUT2D eigenvalue weighted by atomic mass is 10.4. The molecule has 1 heterocycles. The molecule has 0 bridgehead atoms. The van der Waals surface area contributed by atoms with Crippen LogP contribution in [0.3, 0.4) is 0 Å². The van der Waals surface area contributed by atoms with E-state index in [1.165, 1.54) is 6.20 Å². The molecular formula is C11H8BrNOS. The van der Waals surface area contributed by atoms with Gasteiger partial charge in [0.15, 0.2) is 12.4 Å². The monoisotopic (exact) mass is 281 g/mol. The van der Waals surface area contributed by atoms with Crippen LogP contribution in [0.15, 0.2) is 63.1 Å². The number of pyridine rings is 1. The number of benzene rings is 1. The number of hydrogen-bond acceptors (Lipinski definition) is 2. The Morgan fingerprint density at radius 1 is 1.07 bits per heavy atom. The van der Waals surface area contributed by atoms with Crippen LogP contribution in [0.5, 0.6) is 0 Å². The van der Waals surface area contributed by atoms with Crippen molar-refractivity contribution in [2.75, 3.05) is 0 Å². The van der Waals surface area contributed by atoms with Crippen molar-refractivity contribution in [2.24, 2.45) is 0 Å². The first-order valence-corrected chi connectivity index (χ1v) is 5.97. The number of halogens is 1. The average Bonchev–Trinajstić information content (AvgIpc) is 2.17. The zero-order valence-electron chi connectivity index (χ0n) is 7.76. The summed E-state index contributed by atoms with van der Waals surface area (Å²) in [5.74, 6) is 0. The number of aromatic nitrogens is 1. The van der Waals surface area contributed by atoms with Crippen LogP contribution in [-0.2, 0) is 0 Å². The van der Waals surface area contributed by atoms with Gasteiger partial charge < -0.3 is 5.21 Å². The van der Waals surface area contributed by atoms with Gasteiger partial charge in [-0.2, -0.15) is 4.73 Å². The van der Waals surface area contributed by atoms with Gasteiger partial charge in [-0.15, -0.1) is 0 Å². The van der Waals surface area contributed by atoms with Crippen LogP contribution in [0.2, 0.25) is 0 Å². The van der Waals surface area contributed by atoms with E-state index >= 15 is 0 Å². The molecule has 0 aliphatic rings. The van der Waals surface area contributed by atoms with E-state index in [-0.39, 0.29) is 0 Å². The summed E-state index contributed by atoms with van der Waals surface area (Å²) >= 11 is 4.86. The predicted octanol–water partition coefficient (Wildman–Crippen LogP) is 3.23. The summed E-state index contributed by atoms with van der Waals surface area (Å²) in [5, 5.41) is 11.2. The molecule has 0 saturated carbocycles. The second-order valence-corrected chi connectivity index (χ2v) is 5.03. The predicted molar refractivity (Wildman–Crippen MR) is 63.7 cm³/mol. The molecule has 2 rings (SSSR count). The molecule has 0 N–H and O–H groups in total. The van der Waals surface area contributed by atoms with E-state index in [1.807, 2.05) is 36.4 Å². The Balaban J connectivity index is 2.25. The Labute approximate surface area is 101 Å². The van der Waals surface area contributed by atoms with Gasteiger partial charge in [-0.1, -0.05) is 30.0 Å². The topological polar surface area (TPSA) is 26.9 Å². The number of rotatable bonds is 2. The molecule has 0 saturated heterocycles. The third kappa shape index (κ3) is 2.97. The smallest absolute Gasteiger partial charge is 0.194 e. The largest absolute Gasteiger partial charge is 0.619 e. The molecule has 15 heavy (non-hydrogen) atoms. The molecule has 2 aromatic rings. The van der Waals surface area contributed by atoms with Crippen molar-refractivity contribution in [3.05, 3.63) is 58.5 Å². The molecule has 1 aromatic carbocycles. The molecule has 0 spiro atoms. The van der Waals surface area contributed by atoms with Gasteiger partial charge in [0, 0.05) is 4.90 Å². The second-order valence-electron chi connectivity index (χ2n) is 2.96. The molecule has 0 radical (unpaired) electrons. The van der Waals surface area contributed by atoms with Crippen LogP contribution in [0.25, 0.3) is 0 Å². The van der Waals surface area contributed by atoms with Gasteiger partial charge in [0.1, 0.15) is 0 Å². The van der Waals surface area contributed by atoms with E-state index in [0.29, 0.717) is 0 Å². The molecule has 2 nitrogen and oxygen atoms in total. The fourth-order valence-electron chi connectivity index (χ4n) is 1.18.